The summed E-state index contributed by atoms with van der Waals surface area (Å²) in [6.45, 7) is 7.35. The van der Waals surface area contributed by atoms with E-state index < -0.39 is 0 Å². The van der Waals surface area contributed by atoms with Crippen LogP contribution in [0.15, 0.2) is 0 Å². The van der Waals surface area contributed by atoms with Gasteiger partial charge in [0.15, 0.2) is 0 Å². The molecule has 114 valence electrons. The number of nitrogens with zero attached hydrogens (tertiary/aromatic N) is 2. The first-order valence-electron chi connectivity index (χ1n) is 7.07. The van der Waals surface area contributed by atoms with Crippen LogP contribution in [0.25, 0.3) is 0 Å². The van der Waals surface area contributed by atoms with Gasteiger partial charge in [-0.05, 0) is 38.2 Å². The van der Waals surface area contributed by atoms with Crippen LogP contribution in [0.3, 0.4) is 0 Å². The Bertz CT molecular complexity index is 443. The summed E-state index contributed by atoms with van der Waals surface area (Å²) in [5, 5.41) is 18.8. The second kappa shape index (κ2) is 7.89. The highest BCUT2D eigenvalue weighted by molar-refractivity contribution is 5.73. The molecular weight excluding hydrogens is 256 g/mol. The van der Waals surface area contributed by atoms with Crippen LogP contribution in [0.5, 0.6) is 0 Å². The molecule has 1 unspecified atom stereocenters. The Hall–Kier alpha value is -1.56. The Kier molecular flexibility index (Phi) is 6.51. The van der Waals surface area contributed by atoms with Crippen molar-refractivity contribution in [3.05, 3.63) is 17.0 Å². The number of carbonyl (C=O) groups excluding carboxylic acids is 1. The Morgan fingerprint density at radius 2 is 2.10 bits per heavy atom. The van der Waals surface area contributed by atoms with Crippen molar-refractivity contribution in [2.75, 3.05) is 19.7 Å². The van der Waals surface area contributed by atoms with Crippen LogP contribution in [0, 0.1) is 19.8 Å². The van der Waals surface area contributed by atoms with Gasteiger partial charge < -0.3 is 15.7 Å². The van der Waals surface area contributed by atoms with E-state index in [4.69, 9.17) is 5.11 Å². The van der Waals surface area contributed by atoms with E-state index in [1.54, 1.807) is 0 Å². The molecule has 0 saturated carbocycles. The molecule has 0 saturated heterocycles. The van der Waals surface area contributed by atoms with E-state index >= 15 is 0 Å². The summed E-state index contributed by atoms with van der Waals surface area (Å²) in [6, 6.07) is -0.158. The highest BCUT2D eigenvalue weighted by Gasteiger charge is 2.09. The number of amides is 2. The third-order valence-electron chi connectivity index (χ3n) is 3.55. The molecule has 1 aromatic rings. The predicted octanol–water partition coefficient (Wildman–Crippen LogP) is 0.897. The highest BCUT2D eigenvalue weighted by atomic mass is 16.3. The minimum Gasteiger partial charge on any atom is -0.396 e. The Labute approximate surface area is 120 Å². The van der Waals surface area contributed by atoms with Gasteiger partial charge in [-0.2, -0.15) is 5.10 Å². The summed E-state index contributed by atoms with van der Waals surface area (Å²) in [6.07, 6.45) is 1.49. The standard InChI is InChI=1S/C14H26N4O2/c1-10(6-8-19)9-16-14(20)15-7-5-13-11(2)17-18(4)12(13)3/h10,19H,5-9H2,1-4H3,(H2,15,16,20). The van der Waals surface area contributed by atoms with E-state index in [1.807, 2.05) is 32.5 Å². The minimum absolute atomic E-state index is 0.157. The van der Waals surface area contributed by atoms with Gasteiger partial charge in [0.1, 0.15) is 0 Å². The summed E-state index contributed by atoms with van der Waals surface area (Å²) in [5.41, 5.74) is 3.35. The molecule has 3 N–H and O–H groups in total. The van der Waals surface area contributed by atoms with Gasteiger partial charge in [0.25, 0.3) is 0 Å². The fourth-order valence-corrected chi connectivity index (χ4v) is 2.13. The zero-order valence-corrected chi connectivity index (χ0v) is 12.9. The minimum atomic E-state index is -0.158. The second-order valence-electron chi connectivity index (χ2n) is 5.28. The molecule has 0 aliphatic carbocycles. The normalized spacial score (nSPS) is 12.2. The first-order chi connectivity index (χ1) is 9.45. The summed E-state index contributed by atoms with van der Waals surface area (Å²) in [7, 11) is 1.93. The zero-order valence-electron chi connectivity index (χ0n) is 12.9. The second-order valence-corrected chi connectivity index (χ2v) is 5.28. The number of nitrogens with one attached hydrogen (secondary N) is 2. The molecule has 2 amide bonds. The van der Waals surface area contributed by atoms with Crippen LogP contribution in [-0.2, 0) is 13.5 Å². The molecule has 0 spiro atoms. The van der Waals surface area contributed by atoms with Crippen molar-refractivity contribution in [3.63, 3.8) is 0 Å². The molecule has 0 bridgehead atoms. The molecule has 0 radical (unpaired) electrons. The third kappa shape index (κ3) is 4.85. The molecule has 0 aliphatic rings. The monoisotopic (exact) mass is 282 g/mol. The fraction of sp³-hybridized carbons (Fsp3) is 0.714. The van der Waals surface area contributed by atoms with E-state index in [0.717, 1.165) is 17.8 Å². The van der Waals surface area contributed by atoms with Crippen molar-refractivity contribution >= 4 is 6.03 Å². The van der Waals surface area contributed by atoms with Crippen molar-refractivity contribution in [2.45, 2.75) is 33.6 Å². The predicted molar refractivity (Wildman–Crippen MR) is 78.7 cm³/mol. The Morgan fingerprint density at radius 1 is 1.40 bits per heavy atom. The third-order valence-corrected chi connectivity index (χ3v) is 3.55. The van der Waals surface area contributed by atoms with Gasteiger partial charge in [0, 0.05) is 32.4 Å². The van der Waals surface area contributed by atoms with Crippen LogP contribution in [0.1, 0.15) is 30.3 Å². The van der Waals surface area contributed by atoms with Gasteiger partial charge in [-0.25, -0.2) is 4.79 Å². The van der Waals surface area contributed by atoms with Crippen molar-refractivity contribution in [1.82, 2.24) is 20.4 Å². The largest absolute Gasteiger partial charge is 0.396 e. The lowest BCUT2D eigenvalue weighted by Gasteiger charge is -2.12. The smallest absolute Gasteiger partial charge is 0.314 e. The molecule has 20 heavy (non-hydrogen) atoms. The van der Waals surface area contributed by atoms with Gasteiger partial charge >= 0.3 is 6.03 Å². The number of hydrogen-bond acceptors (Lipinski definition) is 3. The number of urea groups is 1. The Morgan fingerprint density at radius 3 is 2.65 bits per heavy atom. The molecule has 0 aromatic carbocycles. The molecule has 1 aromatic heterocycles. The average Bonchev–Trinajstić information content (AvgIpc) is 2.63. The van der Waals surface area contributed by atoms with E-state index in [1.165, 1.54) is 5.56 Å². The number of hydrogen-bond donors (Lipinski definition) is 3. The maximum atomic E-state index is 11.6. The lowest BCUT2D eigenvalue weighted by molar-refractivity contribution is 0.234. The number of aliphatic hydroxyl groups is 1. The number of carbonyl (C=O) groups is 1. The fourth-order valence-electron chi connectivity index (χ4n) is 2.13. The summed E-state index contributed by atoms with van der Waals surface area (Å²) < 4.78 is 1.86. The van der Waals surface area contributed by atoms with E-state index in [9.17, 15) is 4.79 Å². The molecule has 1 heterocycles. The maximum Gasteiger partial charge on any atom is 0.314 e. The molecule has 6 heteroatoms. The number of aryl methyl sites for hydroxylation is 2. The van der Waals surface area contributed by atoms with Crippen LogP contribution in [-0.4, -0.2) is 40.6 Å². The highest BCUT2D eigenvalue weighted by Crippen LogP contribution is 2.11. The van der Waals surface area contributed by atoms with Crippen molar-refractivity contribution in [2.24, 2.45) is 13.0 Å². The quantitative estimate of drug-likeness (QED) is 0.695. The van der Waals surface area contributed by atoms with Gasteiger partial charge in [0.05, 0.1) is 5.69 Å². The van der Waals surface area contributed by atoms with E-state index in [-0.39, 0.29) is 18.6 Å². The van der Waals surface area contributed by atoms with E-state index in [0.29, 0.717) is 19.5 Å². The molecule has 0 aliphatic heterocycles. The summed E-state index contributed by atoms with van der Waals surface area (Å²) >= 11 is 0. The number of aromatic nitrogens is 2. The summed E-state index contributed by atoms with van der Waals surface area (Å²) in [5.74, 6) is 0.286. The van der Waals surface area contributed by atoms with Crippen molar-refractivity contribution in [1.29, 1.82) is 0 Å². The molecule has 0 fully saturated rings. The molecule has 6 nitrogen and oxygen atoms in total. The van der Waals surface area contributed by atoms with Gasteiger partial charge in [-0.3, -0.25) is 4.68 Å². The van der Waals surface area contributed by atoms with Crippen molar-refractivity contribution < 1.29 is 9.90 Å². The average molecular weight is 282 g/mol. The van der Waals surface area contributed by atoms with Gasteiger partial charge in [-0.15, -0.1) is 0 Å². The van der Waals surface area contributed by atoms with Crippen LogP contribution in [0.2, 0.25) is 0 Å². The topological polar surface area (TPSA) is 79.2 Å². The zero-order chi connectivity index (χ0) is 15.1. The Balaban J connectivity index is 2.28. The maximum absolute atomic E-state index is 11.6. The molecule has 1 atom stereocenters. The number of rotatable bonds is 7. The van der Waals surface area contributed by atoms with E-state index in [2.05, 4.69) is 15.7 Å². The van der Waals surface area contributed by atoms with Gasteiger partial charge in [0.2, 0.25) is 0 Å². The number of aliphatic hydroxyl groups excluding tert-OH is 1. The lowest BCUT2D eigenvalue weighted by atomic mass is 10.1. The first-order valence-corrected chi connectivity index (χ1v) is 7.07. The molecular formula is C14H26N4O2. The SMILES string of the molecule is Cc1nn(C)c(C)c1CCNC(=O)NCC(C)CCO. The van der Waals surface area contributed by atoms with Gasteiger partial charge in [-0.1, -0.05) is 6.92 Å². The summed E-state index contributed by atoms with van der Waals surface area (Å²) in [4.78, 5) is 11.6. The first kappa shape index (κ1) is 16.5. The lowest BCUT2D eigenvalue weighted by Crippen LogP contribution is -2.38. The molecule has 1 rings (SSSR count). The van der Waals surface area contributed by atoms with Crippen LogP contribution in [0.4, 0.5) is 4.79 Å². The van der Waals surface area contributed by atoms with Crippen LogP contribution >= 0.6 is 0 Å². The van der Waals surface area contributed by atoms with Crippen LogP contribution < -0.4 is 10.6 Å². The van der Waals surface area contributed by atoms with Crippen molar-refractivity contribution in [3.8, 4) is 0 Å².